The van der Waals surface area contributed by atoms with Crippen LogP contribution in [0.1, 0.15) is 22.7 Å². The van der Waals surface area contributed by atoms with Crippen LogP contribution in [-0.4, -0.2) is 5.91 Å². The molecule has 2 aromatic carbocycles. The third kappa shape index (κ3) is 2.94. The van der Waals surface area contributed by atoms with Gasteiger partial charge in [-0.3, -0.25) is 4.79 Å². The number of aryl methyl sites for hydroxylation is 1. The van der Waals surface area contributed by atoms with Gasteiger partial charge in [0, 0.05) is 0 Å². The van der Waals surface area contributed by atoms with Crippen LogP contribution in [0.5, 0.6) is 0 Å². The van der Waals surface area contributed by atoms with E-state index in [1.807, 2.05) is 50.2 Å². The predicted molar refractivity (Wildman–Crippen MR) is 82.9 cm³/mol. The van der Waals surface area contributed by atoms with Crippen LogP contribution < -0.4 is 11.1 Å². The maximum atomic E-state index is 11.8. The van der Waals surface area contributed by atoms with Crippen molar-refractivity contribution >= 4 is 23.2 Å². The number of para-hydroxylation sites is 1. The number of benzene rings is 2. The van der Waals surface area contributed by atoms with Crippen molar-refractivity contribution in [2.75, 3.05) is 5.32 Å². The van der Waals surface area contributed by atoms with E-state index in [0.717, 1.165) is 16.7 Å². The Morgan fingerprint density at radius 1 is 1.15 bits per heavy atom. The number of carbonyl (C=O) groups excluding carboxylic acids is 1. The van der Waals surface area contributed by atoms with Crippen LogP contribution in [0.2, 0.25) is 5.02 Å². The van der Waals surface area contributed by atoms with Gasteiger partial charge in [0.1, 0.15) is 6.04 Å². The van der Waals surface area contributed by atoms with E-state index >= 15 is 0 Å². The molecular weight excluding hydrogens is 272 g/mol. The highest BCUT2D eigenvalue weighted by Crippen LogP contribution is 2.28. The minimum Gasteiger partial charge on any atom is -0.369 e. The highest BCUT2D eigenvalue weighted by Gasteiger charge is 2.20. The van der Waals surface area contributed by atoms with E-state index in [-0.39, 0.29) is 0 Å². The molecule has 0 saturated heterocycles. The minimum atomic E-state index is -0.602. The van der Waals surface area contributed by atoms with Crippen molar-refractivity contribution in [3.63, 3.8) is 0 Å². The van der Waals surface area contributed by atoms with Crippen LogP contribution in [0.15, 0.2) is 42.5 Å². The van der Waals surface area contributed by atoms with Gasteiger partial charge in [0.2, 0.25) is 5.91 Å². The van der Waals surface area contributed by atoms with E-state index in [2.05, 4.69) is 5.32 Å². The van der Waals surface area contributed by atoms with Crippen molar-refractivity contribution < 1.29 is 4.79 Å². The van der Waals surface area contributed by atoms with E-state index in [1.165, 1.54) is 0 Å². The molecule has 3 N–H and O–H groups in total. The molecule has 0 aliphatic rings. The number of rotatable bonds is 4. The van der Waals surface area contributed by atoms with Crippen molar-refractivity contribution in [2.45, 2.75) is 19.9 Å². The van der Waals surface area contributed by atoms with Crippen LogP contribution in [-0.2, 0) is 4.79 Å². The summed E-state index contributed by atoms with van der Waals surface area (Å²) in [7, 11) is 0. The molecule has 1 amide bonds. The summed E-state index contributed by atoms with van der Waals surface area (Å²) < 4.78 is 0. The Labute approximate surface area is 123 Å². The van der Waals surface area contributed by atoms with Gasteiger partial charge in [-0.25, -0.2) is 0 Å². The molecule has 3 nitrogen and oxygen atoms in total. The molecule has 0 aliphatic heterocycles. The second-order valence-corrected chi connectivity index (χ2v) is 5.16. The summed E-state index contributed by atoms with van der Waals surface area (Å²) in [6.45, 7) is 3.99. The largest absolute Gasteiger partial charge is 0.369 e. The quantitative estimate of drug-likeness (QED) is 0.903. The maximum absolute atomic E-state index is 11.8. The number of halogens is 1. The number of nitrogens with two attached hydrogens (primary N) is 1. The lowest BCUT2D eigenvalue weighted by molar-refractivity contribution is -0.118. The van der Waals surface area contributed by atoms with Crippen LogP contribution in [0.4, 0.5) is 5.69 Å². The van der Waals surface area contributed by atoms with Crippen molar-refractivity contribution in [1.82, 2.24) is 0 Å². The lowest BCUT2D eigenvalue weighted by atomic mass is 9.97. The highest BCUT2D eigenvalue weighted by atomic mass is 35.5. The Morgan fingerprint density at radius 2 is 1.85 bits per heavy atom. The minimum absolute atomic E-state index is 0.432. The zero-order chi connectivity index (χ0) is 14.7. The molecule has 104 valence electrons. The summed E-state index contributed by atoms with van der Waals surface area (Å²) in [5.41, 5.74) is 9.28. The molecule has 4 heteroatoms. The smallest absolute Gasteiger partial charge is 0.244 e. The second-order valence-electron chi connectivity index (χ2n) is 4.75. The zero-order valence-corrected chi connectivity index (χ0v) is 12.2. The molecule has 0 aliphatic carbocycles. The molecule has 0 radical (unpaired) electrons. The molecule has 1 atom stereocenters. The Hall–Kier alpha value is -2.00. The topological polar surface area (TPSA) is 55.1 Å². The Morgan fingerprint density at radius 3 is 2.50 bits per heavy atom. The summed E-state index contributed by atoms with van der Waals surface area (Å²) in [4.78, 5) is 11.8. The molecule has 0 spiro atoms. The number of nitrogens with one attached hydrogen (secondary N) is 1. The van der Waals surface area contributed by atoms with Crippen molar-refractivity contribution in [3.8, 4) is 0 Å². The van der Waals surface area contributed by atoms with E-state index < -0.39 is 11.9 Å². The molecule has 2 rings (SSSR count). The fraction of sp³-hybridized carbons (Fsp3) is 0.188. The predicted octanol–water partition coefficient (Wildman–Crippen LogP) is 3.60. The number of primary amides is 1. The van der Waals surface area contributed by atoms with Gasteiger partial charge < -0.3 is 11.1 Å². The molecule has 0 aromatic heterocycles. The lowest BCUT2D eigenvalue weighted by Gasteiger charge is -2.20. The van der Waals surface area contributed by atoms with Crippen LogP contribution >= 0.6 is 11.6 Å². The first-order valence-corrected chi connectivity index (χ1v) is 6.75. The number of amides is 1. The number of carbonyl (C=O) groups is 1. The van der Waals surface area contributed by atoms with Crippen molar-refractivity contribution in [2.24, 2.45) is 5.73 Å². The summed E-state index contributed by atoms with van der Waals surface area (Å²) in [5.74, 6) is -0.432. The summed E-state index contributed by atoms with van der Waals surface area (Å²) >= 11 is 6.12. The van der Waals surface area contributed by atoms with Gasteiger partial charge in [-0.15, -0.1) is 0 Å². The van der Waals surface area contributed by atoms with Gasteiger partial charge in [0.25, 0.3) is 0 Å². The third-order valence-corrected chi connectivity index (χ3v) is 3.75. The summed E-state index contributed by atoms with van der Waals surface area (Å²) in [5, 5.41) is 3.68. The van der Waals surface area contributed by atoms with Gasteiger partial charge in [-0.1, -0.05) is 41.9 Å². The number of hydrogen-bond donors (Lipinski definition) is 2. The summed E-state index contributed by atoms with van der Waals surface area (Å²) in [6, 6.07) is 12.5. The molecular formula is C16H17ClN2O. The van der Waals surface area contributed by atoms with Crippen LogP contribution in [0.25, 0.3) is 0 Å². The average molecular weight is 289 g/mol. The zero-order valence-electron chi connectivity index (χ0n) is 11.5. The van der Waals surface area contributed by atoms with Gasteiger partial charge in [-0.05, 0) is 42.7 Å². The highest BCUT2D eigenvalue weighted by molar-refractivity contribution is 6.33. The van der Waals surface area contributed by atoms with Gasteiger partial charge in [0.05, 0.1) is 10.7 Å². The molecule has 0 saturated carbocycles. The fourth-order valence-electron chi connectivity index (χ4n) is 2.12. The monoisotopic (exact) mass is 288 g/mol. The van der Waals surface area contributed by atoms with Gasteiger partial charge in [0.15, 0.2) is 0 Å². The molecule has 0 fully saturated rings. The third-order valence-electron chi connectivity index (χ3n) is 3.42. The first-order valence-electron chi connectivity index (χ1n) is 6.37. The van der Waals surface area contributed by atoms with Crippen molar-refractivity contribution in [3.05, 3.63) is 64.2 Å². The summed E-state index contributed by atoms with van der Waals surface area (Å²) in [6.07, 6.45) is 0. The second kappa shape index (κ2) is 5.97. The molecule has 1 unspecified atom stereocenters. The van der Waals surface area contributed by atoms with Crippen LogP contribution in [0.3, 0.4) is 0 Å². The van der Waals surface area contributed by atoms with E-state index in [4.69, 9.17) is 17.3 Å². The SMILES string of the molecule is Cc1cccc(C(Nc2ccccc2Cl)C(N)=O)c1C. The van der Waals surface area contributed by atoms with Gasteiger partial charge >= 0.3 is 0 Å². The standard InChI is InChI=1S/C16H17ClN2O/c1-10-6-5-7-12(11(10)2)15(16(18)20)19-14-9-4-3-8-13(14)17/h3-9,15,19H,1-2H3,(H2,18,20). The average Bonchev–Trinajstić information content (AvgIpc) is 2.41. The van der Waals surface area contributed by atoms with E-state index in [9.17, 15) is 4.79 Å². The molecule has 20 heavy (non-hydrogen) atoms. The Bertz CT molecular complexity index is 640. The Kier molecular flexibility index (Phi) is 4.30. The van der Waals surface area contributed by atoms with Gasteiger partial charge in [-0.2, -0.15) is 0 Å². The Balaban J connectivity index is 2.40. The first-order chi connectivity index (χ1) is 9.50. The van der Waals surface area contributed by atoms with Crippen LogP contribution in [0, 0.1) is 13.8 Å². The van der Waals surface area contributed by atoms with E-state index in [0.29, 0.717) is 10.7 Å². The number of anilines is 1. The number of hydrogen-bond acceptors (Lipinski definition) is 2. The first kappa shape index (κ1) is 14.4. The maximum Gasteiger partial charge on any atom is 0.244 e. The van der Waals surface area contributed by atoms with Crippen molar-refractivity contribution in [1.29, 1.82) is 0 Å². The normalized spacial score (nSPS) is 11.9. The molecule has 0 bridgehead atoms. The van der Waals surface area contributed by atoms with E-state index in [1.54, 1.807) is 6.07 Å². The molecule has 2 aromatic rings. The lowest BCUT2D eigenvalue weighted by Crippen LogP contribution is -2.28. The fourth-order valence-corrected chi connectivity index (χ4v) is 2.31. The molecule has 0 heterocycles.